The van der Waals surface area contributed by atoms with Crippen LogP contribution in [0.25, 0.3) is 0 Å². The smallest absolute Gasteiger partial charge is 0.239 e. The van der Waals surface area contributed by atoms with E-state index >= 15 is 0 Å². The van der Waals surface area contributed by atoms with E-state index in [0.717, 1.165) is 5.56 Å². The number of amides is 1. The molecule has 0 radical (unpaired) electrons. The van der Waals surface area contributed by atoms with Gasteiger partial charge in [0.15, 0.2) is 0 Å². The molecular formula is C9H11ClN2O2S. The highest BCUT2D eigenvalue weighted by atomic mass is 35.5. The fourth-order valence-corrected chi connectivity index (χ4v) is 1.65. The van der Waals surface area contributed by atoms with Crippen LogP contribution in [0.4, 0.5) is 5.69 Å². The number of rotatable bonds is 3. The van der Waals surface area contributed by atoms with Gasteiger partial charge in [0, 0.05) is 5.69 Å². The van der Waals surface area contributed by atoms with Crippen molar-refractivity contribution in [3.05, 3.63) is 23.8 Å². The second-order valence-corrected chi connectivity index (χ2v) is 4.29. The van der Waals surface area contributed by atoms with E-state index in [9.17, 15) is 9.00 Å². The molecule has 0 spiro atoms. The van der Waals surface area contributed by atoms with E-state index in [-0.39, 0.29) is 11.8 Å². The Hall–Kier alpha value is -0.910. The van der Waals surface area contributed by atoms with Gasteiger partial charge in [-0.3, -0.25) is 4.79 Å². The fraction of sp³-hybridized carbons (Fsp3) is 0.222. The third kappa shape index (κ3) is 3.30. The number of halogens is 1. The van der Waals surface area contributed by atoms with Crippen LogP contribution in [0, 0.1) is 6.92 Å². The van der Waals surface area contributed by atoms with E-state index in [1.165, 1.54) is 0 Å². The lowest BCUT2D eigenvalue weighted by Crippen LogP contribution is -2.13. The molecule has 1 aromatic rings. The lowest BCUT2D eigenvalue weighted by Gasteiger charge is -2.07. The van der Waals surface area contributed by atoms with Crippen LogP contribution in [-0.4, -0.2) is 16.0 Å². The Balaban J connectivity index is 2.93. The second-order valence-electron chi connectivity index (χ2n) is 2.96. The van der Waals surface area contributed by atoms with Crippen molar-refractivity contribution in [1.82, 2.24) is 0 Å². The van der Waals surface area contributed by atoms with Gasteiger partial charge in [-0.05, 0) is 30.7 Å². The Labute approximate surface area is 95.4 Å². The van der Waals surface area contributed by atoms with Gasteiger partial charge in [-0.1, -0.05) is 0 Å². The number of nitrogens with two attached hydrogens (primary N) is 1. The molecule has 1 unspecified atom stereocenters. The van der Waals surface area contributed by atoms with Crippen LogP contribution in [0.2, 0.25) is 0 Å². The summed E-state index contributed by atoms with van der Waals surface area (Å²) in [5.74, 6) is -0.370. The zero-order chi connectivity index (χ0) is 11.4. The zero-order valence-electron chi connectivity index (χ0n) is 8.12. The molecule has 1 atom stereocenters. The summed E-state index contributed by atoms with van der Waals surface area (Å²) >= 11 is 5.36. The topological polar surface area (TPSA) is 72.2 Å². The fourth-order valence-electron chi connectivity index (χ4n) is 1.09. The van der Waals surface area contributed by atoms with Crippen molar-refractivity contribution in [3.63, 3.8) is 0 Å². The van der Waals surface area contributed by atoms with Crippen LogP contribution in [0.15, 0.2) is 23.1 Å². The SMILES string of the molecule is Cc1cc(S(N)=O)ccc1NC(=O)CCl. The molecule has 0 aliphatic rings. The largest absolute Gasteiger partial charge is 0.325 e. The molecule has 1 rings (SSSR count). The maximum absolute atomic E-state index is 11.0. The van der Waals surface area contributed by atoms with E-state index in [1.807, 2.05) is 0 Å². The number of benzene rings is 1. The van der Waals surface area contributed by atoms with Gasteiger partial charge in [-0.15, -0.1) is 11.6 Å². The summed E-state index contributed by atoms with van der Waals surface area (Å²) in [6, 6.07) is 4.92. The predicted octanol–water partition coefficient (Wildman–Crippen LogP) is 1.15. The van der Waals surface area contributed by atoms with Crippen LogP contribution in [0.1, 0.15) is 5.56 Å². The molecular weight excluding hydrogens is 236 g/mol. The van der Waals surface area contributed by atoms with Gasteiger partial charge in [0.2, 0.25) is 5.91 Å². The summed E-state index contributed by atoms with van der Waals surface area (Å²) in [5, 5.41) is 7.84. The van der Waals surface area contributed by atoms with E-state index in [0.29, 0.717) is 10.6 Å². The normalized spacial score (nSPS) is 12.2. The van der Waals surface area contributed by atoms with Crippen LogP contribution >= 0.6 is 11.6 Å². The molecule has 3 N–H and O–H groups in total. The quantitative estimate of drug-likeness (QED) is 0.786. The Morgan fingerprint density at radius 1 is 1.60 bits per heavy atom. The lowest BCUT2D eigenvalue weighted by molar-refractivity contribution is -0.113. The molecule has 0 saturated carbocycles. The van der Waals surface area contributed by atoms with Gasteiger partial charge < -0.3 is 5.32 Å². The lowest BCUT2D eigenvalue weighted by atomic mass is 10.2. The van der Waals surface area contributed by atoms with E-state index in [2.05, 4.69) is 5.32 Å². The minimum atomic E-state index is -1.50. The van der Waals surface area contributed by atoms with E-state index < -0.39 is 11.0 Å². The Kier molecular flexibility index (Phi) is 4.26. The van der Waals surface area contributed by atoms with Crippen LogP contribution < -0.4 is 10.5 Å². The van der Waals surface area contributed by atoms with Gasteiger partial charge in [0.1, 0.15) is 16.9 Å². The number of carbonyl (C=O) groups excluding carboxylic acids is 1. The number of alkyl halides is 1. The van der Waals surface area contributed by atoms with Crippen LogP contribution in [0.3, 0.4) is 0 Å². The average Bonchev–Trinajstić information content (AvgIpc) is 2.20. The molecule has 4 nitrogen and oxygen atoms in total. The van der Waals surface area contributed by atoms with Gasteiger partial charge in [0.25, 0.3) is 0 Å². The number of aryl methyl sites for hydroxylation is 1. The Bertz CT molecular complexity index is 409. The molecule has 0 saturated heterocycles. The molecule has 82 valence electrons. The highest BCUT2D eigenvalue weighted by Crippen LogP contribution is 2.17. The van der Waals surface area contributed by atoms with Crippen molar-refractivity contribution in [2.45, 2.75) is 11.8 Å². The van der Waals surface area contributed by atoms with Crippen molar-refractivity contribution in [1.29, 1.82) is 0 Å². The number of hydrogen-bond donors (Lipinski definition) is 2. The number of anilines is 1. The predicted molar refractivity (Wildman–Crippen MR) is 61.1 cm³/mol. The van der Waals surface area contributed by atoms with Gasteiger partial charge >= 0.3 is 0 Å². The first-order chi connectivity index (χ1) is 7.04. The third-order valence-electron chi connectivity index (χ3n) is 1.83. The maximum Gasteiger partial charge on any atom is 0.239 e. The number of carbonyl (C=O) groups is 1. The third-order valence-corrected chi connectivity index (χ3v) is 2.79. The molecule has 0 bridgehead atoms. The molecule has 0 fully saturated rings. The first-order valence-corrected chi connectivity index (χ1v) is 5.92. The summed E-state index contributed by atoms with van der Waals surface area (Å²) in [4.78, 5) is 11.5. The van der Waals surface area contributed by atoms with E-state index in [4.69, 9.17) is 16.7 Å². The van der Waals surface area contributed by atoms with Gasteiger partial charge in [-0.2, -0.15) is 0 Å². The molecule has 0 aliphatic carbocycles. The van der Waals surface area contributed by atoms with Crippen molar-refractivity contribution < 1.29 is 9.00 Å². The second kappa shape index (κ2) is 5.25. The monoisotopic (exact) mass is 246 g/mol. The maximum atomic E-state index is 11.0. The first kappa shape index (κ1) is 12.2. The molecule has 6 heteroatoms. The van der Waals surface area contributed by atoms with Crippen LogP contribution in [0.5, 0.6) is 0 Å². The first-order valence-electron chi connectivity index (χ1n) is 4.17. The van der Waals surface area contributed by atoms with Crippen molar-refractivity contribution in [3.8, 4) is 0 Å². The Morgan fingerprint density at radius 3 is 2.73 bits per heavy atom. The average molecular weight is 247 g/mol. The van der Waals surface area contributed by atoms with E-state index in [1.54, 1.807) is 25.1 Å². The highest BCUT2D eigenvalue weighted by Gasteiger charge is 2.05. The molecule has 0 aromatic heterocycles. The standard InChI is InChI=1S/C9H11ClN2O2S/c1-6-4-7(15(11)14)2-3-8(6)12-9(13)5-10/h2-4H,5,11H2,1H3,(H,12,13). The summed E-state index contributed by atoms with van der Waals surface area (Å²) in [7, 11) is -1.50. The summed E-state index contributed by atoms with van der Waals surface area (Å²) in [6.45, 7) is 1.79. The minimum absolute atomic E-state index is 0.0932. The molecule has 1 amide bonds. The summed E-state index contributed by atoms with van der Waals surface area (Å²) in [6.07, 6.45) is 0. The molecule has 0 aliphatic heterocycles. The molecule has 0 heterocycles. The Morgan fingerprint density at radius 2 is 2.27 bits per heavy atom. The zero-order valence-corrected chi connectivity index (χ0v) is 9.69. The minimum Gasteiger partial charge on any atom is -0.325 e. The highest BCUT2D eigenvalue weighted by molar-refractivity contribution is 7.82. The van der Waals surface area contributed by atoms with Gasteiger partial charge in [-0.25, -0.2) is 9.35 Å². The van der Waals surface area contributed by atoms with Crippen molar-refractivity contribution in [2.75, 3.05) is 11.2 Å². The molecule has 1 aromatic carbocycles. The molecule has 15 heavy (non-hydrogen) atoms. The van der Waals surface area contributed by atoms with Crippen molar-refractivity contribution in [2.24, 2.45) is 5.14 Å². The number of nitrogens with one attached hydrogen (secondary N) is 1. The summed E-state index contributed by atoms with van der Waals surface area (Å²) < 4.78 is 11.0. The van der Waals surface area contributed by atoms with Crippen LogP contribution in [-0.2, 0) is 15.8 Å². The van der Waals surface area contributed by atoms with Gasteiger partial charge in [0.05, 0.1) is 4.90 Å². The number of hydrogen-bond acceptors (Lipinski definition) is 2. The van der Waals surface area contributed by atoms with Crippen molar-refractivity contribution >= 4 is 34.2 Å². The summed E-state index contributed by atoms with van der Waals surface area (Å²) in [5.41, 5.74) is 1.44.